The predicted octanol–water partition coefficient (Wildman–Crippen LogP) is 5.78. The minimum Gasteiger partial charge on any atom is -0.488 e. The molecule has 3 aromatic rings. The van der Waals surface area contributed by atoms with E-state index in [0.717, 1.165) is 93.3 Å². The molecule has 0 unspecified atom stereocenters. The maximum atomic E-state index is 11.6. The van der Waals surface area contributed by atoms with Gasteiger partial charge in [-0.3, -0.25) is 9.69 Å². The first-order valence-corrected chi connectivity index (χ1v) is 15.1. The number of carbonyl (C=O) groups is 1. The molecule has 2 aromatic carbocycles. The Morgan fingerprint density at radius 3 is 2.76 bits per heavy atom. The van der Waals surface area contributed by atoms with E-state index in [2.05, 4.69) is 47.9 Å². The molecule has 7 nitrogen and oxygen atoms in total. The van der Waals surface area contributed by atoms with Gasteiger partial charge in [-0.2, -0.15) is 0 Å². The molecule has 0 bridgehead atoms. The van der Waals surface area contributed by atoms with E-state index in [0.29, 0.717) is 19.2 Å². The quantitative estimate of drug-likeness (QED) is 0.396. The average molecular weight is 556 g/mol. The molecule has 0 amide bonds. The highest BCUT2D eigenvalue weighted by atomic mass is 16.5. The fourth-order valence-corrected chi connectivity index (χ4v) is 6.69. The fourth-order valence-electron chi connectivity index (χ4n) is 6.69. The van der Waals surface area contributed by atoms with Crippen molar-refractivity contribution >= 4 is 11.8 Å². The van der Waals surface area contributed by atoms with Crippen LogP contribution in [-0.4, -0.2) is 59.8 Å². The monoisotopic (exact) mass is 555 g/mol. The lowest BCUT2D eigenvalue weighted by Gasteiger charge is -2.38. The third-order valence-electron chi connectivity index (χ3n) is 9.16. The summed E-state index contributed by atoms with van der Waals surface area (Å²) in [4.78, 5) is 21.3. The van der Waals surface area contributed by atoms with Crippen LogP contribution in [0.15, 0.2) is 48.5 Å². The fraction of sp³-hybridized carbons (Fsp3) is 0.471. The second-order valence-corrected chi connectivity index (χ2v) is 11.8. The average Bonchev–Trinajstić information content (AvgIpc) is 3.01. The number of anilines is 1. The molecule has 216 valence electrons. The molecule has 2 fully saturated rings. The van der Waals surface area contributed by atoms with Gasteiger partial charge in [0, 0.05) is 51.0 Å². The van der Waals surface area contributed by atoms with E-state index in [1.54, 1.807) is 0 Å². The van der Waals surface area contributed by atoms with Gasteiger partial charge < -0.3 is 19.5 Å². The highest BCUT2D eigenvalue weighted by Gasteiger charge is 2.28. The van der Waals surface area contributed by atoms with Gasteiger partial charge in [-0.25, -0.2) is 4.98 Å². The van der Waals surface area contributed by atoms with Gasteiger partial charge in [0.25, 0.3) is 0 Å². The number of fused-ring (bicyclic) bond motifs is 1. The van der Waals surface area contributed by atoms with Crippen molar-refractivity contribution in [2.75, 3.05) is 37.7 Å². The van der Waals surface area contributed by atoms with Crippen LogP contribution in [0.1, 0.15) is 53.5 Å². The van der Waals surface area contributed by atoms with Crippen LogP contribution in [0, 0.1) is 19.8 Å². The zero-order valence-corrected chi connectivity index (χ0v) is 24.3. The van der Waals surface area contributed by atoms with Crippen LogP contribution in [0.25, 0.3) is 11.3 Å². The number of hydrogen-bond acceptors (Lipinski definition) is 6. The Kier molecular flexibility index (Phi) is 8.26. The number of aromatic nitrogens is 1. The molecule has 4 heterocycles. The zero-order chi connectivity index (χ0) is 28.3. The second kappa shape index (κ2) is 12.2. The van der Waals surface area contributed by atoms with Crippen molar-refractivity contribution in [3.63, 3.8) is 0 Å². The van der Waals surface area contributed by atoms with Gasteiger partial charge in [-0.15, -0.1) is 0 Å². The van der Waals surface area contributed by atoms with E-state index in [4.69, 9.17) is 14.5 Å². The molecule has 3 aliphatic heterocycles. The Morgan fingerprint density at radius 1 is 1.07 bits per heavy atom. The smallest absolute Gasteiger partial charge is 0.308 e. The van der Waals surface area contributed by atoms with Crippen LogP contribution in [0.4, 0.5) is 5.82 Å². The van der Waals surface area contributed by atoms with Gasteiger partial charge in [0.15, 0.2) is 0 Å². The van der Waals surface area contributed by atoms with Gasteiger partial charge in [0.2, 0.25) is 0 Å². The van der Waals surface area contributed by atoms with Gasteiger partial charge in [0.05, 0.1) is 11.6 Å². The molecule has 41 heavy (non-hydrogen) atoms. The molecular weight excluding hydrogens is 514 g/mol. The first-order chi connectivity index (χ1) is 20.0. The van der Waals surface area contributed by atoms with E-state index in [1.807, 2.05) is 24.3 Å². The number of aryl methyl sites for hydroxylation is 1. The van der Waals surface area contributed by atoms with Crippen LogP contribution in [0.2, 0.25) is 0 Å². The van der Waals surface area contributed by atoms with Crippen molar-refractivity contribution in [1.82, 2.24) is 9.88 Å². The third kappa shape index (κ3) is 6.11. The van der Waals surface area contributed by atoms with Crippen LogP contribution >= 0.6 is 0 Å². The predicted molar refractivity (Wildman–Crippen MR) is 160 cm³/mol. The summed E-state index contributed by atoms with van der Waals surface area (Å²) < 4.78 is 12.1. The molecule has 0 spiro atoms. The maximum Gasteiger partial charge on any atom is 0.308 e. The van der Waals surface area contributed by atoms with E-state index in [-0.39, 0.29) is 5.92 Å². The standard InChI is InChI=1S/C34H41N3O4/c1-23-8-11-32(30(19-23)31-6-3-7-33(35-31)37-15-4-5-26(21-37)34(38)39)41-22-27-10-9-25-20-36(16-12-29(25)24(27)2)28-13-17-40-18-14-28/h3,6-11,19,26,28H,4-5,12-18,20-22H2,1-2H3,(H,38,39)/t26-/m0/s1. The Balaban J connectivity index is 1.19. The Morgan fingerprint density at radius 2 is 1.93 bits per heavy atom. The largest absolute Gasteiger partial charge is 0.488 e. The molecule has 1 aromatic heterocycles. The van der Waals surface area contributed by atoms with Crippen molar-refractivity contribution in [2.24, 2.45) is 5.92 Å². The molecule has 6 rings (SSSR count). The summed E-state index contributed by atoms with van der Waals surface area (Å²) in [6, 6.07) is 17.4. The maximum absolute atomic E-state index is 11.6. The minimum absolute atomic E-state index is 0.350. The van der Waals surface area contributed by atoms with Gasteiger partial charge >= 0.3 is 5.97 Å². The Labute approximate surface area is 243 Å². The Hall–Kier alpha value is -3.42. The summed E-state index contributed by atoms with van der Waals surface area (Å²) in [6.07, 6.45) is 4.93. The van der Waals surface area contributed by atoms with Crippen LogP contribution in [0.5, 0.6) is 5.75 Å². The van der Waals surface area contributed by atoms with Crippen LogP contribution < -0.4 is 9.64 Å². The highest BCUT2D eigenvalue weighted by Crippen LogP contribution is 2.34. The lowest BCUT2D eigenvalue weighted by atomic mass is 9.90. The molecular formula is C34H41N3O4. The van der Waals surface area contributed by atoms with E-state index < -0.39 is 5.97 Å². The zero-order valence-electron chi connectivity index (χ0n) is 24.3. The van der Waals surface area contributed by atoms with E-state index in [9.17, 15) is 9.90 Å². The van der Waals surface area contributed by atoms with Crippen LogP contribution in [-0.2, 0) is 29.1 Å². The summed E-state index contributed by atoms with van der Waals surface area (Å²) in [5.41, 5.74) is 8.45. The number of pyridine rings is 1. The summed E-state index contributed by atoms with van der Waals surface area (Å²) >= 11 is 0. The van der Waals surface area contributed by atoms with Gasteiger partial charge in [-0.1, -0.05) is 29.8 Å². The number of carboxylic acid groups (broad SMARTS) is 1. The Bertz CT molecular complexity index is 1400. The summed E-state index contributed by atoms with van der Waals surface area (Å²) in [7, 11) is 0. The van der Waals surface area contributed by atoms with Crippen molar-refractivity contribution in [3.8, 4) is 17.0 Å². The highest BCUT2D eigenvalue weighted by molar-refractivity contribution is 5.72. The lowest BCUT2D eigenvalue weighted by Crippen LogP contribution is -2.42. The first-order valence-electron chi connectivity index (χ1n) is 15.1. The number of aliphatic carboxylic acids is 1. The third-order valence-corrected chi connectivity index (χ3v) is 9.16. The summed E-state index contributed by atoms with van der Waals surface area (Å²) in [5.74, 6) is 0.553. The molecule has 2 saturated heterocycles. The molecule has 3 aliphatic rings. The van der Waals surface area contributed by atoms with Crippen molar-refractivity contribution in [2.45, 2.75) is 65.1 Å². The van der Waals surface area contributed by atoms with Gasteiger partial charge in [0.1, 0.15) is 18.2 Å². The molecule has 0 radical (unpaired) electrons. The van der Waals surface area contributed by atoms with Crippen molar-refractivity contribution in [1.29, 1.82) is 0 Å². The molecule has 7 heteroatoms. The van der Waals surface area contributed by atoms with Crippen molar-refractivity contribution < 1.29 is 19.4 Å². The second-order valence-electron chi connectivity index (χ2n) is 11.8. The first kappa shape index (κ1) is 27.7. The number of carboxylic acids is 1. The SMILES string of the molecule is Cc1ccc(OCc2ccc3c(c2C)CCN(C2CCOCC2)C3)c(-c2cccc(N3CCC[C@H](C(=O)O)C3)n2)c1. The number of ether oxygens (including phenoxy) is 2. The van der Waals surface area contributed by atoms with Crippen LogP contribution in [0.3, 0.4) is 0 Å². The number of hydrogen-bond donors (Lipinski definition) is 1. The number of nitrogens with zero attached hydrogens (tertiary/aromatic N) is 3. The van der Waals surface area contributed by atoms with E-state index >= 15 is 0 Å². The summed E-state index contributed by atoms with van der Waals surface area (Å²) in [5, 5.41) is 9.54. The van der Waals surface area contributed by atoms with Crippen molar-refractivity contribution in [3.05, 3.63) is 76.3 Å². The molecule has 0 aliphatic carbocycles. The summed E-state index contributed by atoms with van der Waals surface area (Å²) in [6.45, 7) is 10.0. The normalized spacial score (nSPS) is 20.0. The lowest BCUT2D eigenvalue weighted by molar-refractivity contribution is -0.141. The van der Waals surface area contributed by atoms with E-state index in [1.165, 1.54) is 22.3 Å². The number of benzene rings is 2. The number of piperidine rings is 1. The topological polar surface area (TPSA) is 75.1 Å². The molecule has 1 N–H and O–H groups in total. The number of rotatable bonds is 7. The molecule has 0 saturated carbocycles. The minimum atomic E-state index is -0.727. The van der Waals surface area contributed by atoms with Gasteiger partial charge in [-0.05, 0) is 92.5 Å². The molecule has 1 atom stereocenters.